The van der Waals surface area contributed by atoms with Gasteiger partial charge in [-0.25, -0.2) is 4.68 Å². The number of hydrogen-bond acceptors (Lipinski definition) is 5. The van der Waals surface area contributed by atoms with E-state index < -0.39 is 0 Å². The minimum atomic E-state index is 0.240. The smallest absolute Gasteiger partial charge is 0.194 e. The number of fused-ring (bicyclic) bond motifs is 1. The Balaban J connectivity index is 2.09. The van der Waals surface area contributed by atoms with E-state index in [0.29, 0.717) is 11.3 Å². The van der Waals surface area contributed by atoms with Gasteiger partial charge < -0.3 is 10.4 Å². The van der Waals surface area contributed by atoms with Crippen LogP contribution in [0.15, 0.2) is 18.3 Å². The SMILES string of the molecule is CCNc1nc2nn(-c3c(C)cc(C)cc3O)cc2s1. The van der Waals surface area contributed by atoms with Crippen LogP contribution in [0.2, 0.25) is 0 Å². The molecule has 104 valence electrons. The maximum absolute atomic E-state index is 10.1. The molecule has 20 heavy (non-hydrogen) atoms. The molecule has 0 saturated carbocycles. The van der Waals surface area contributed by atoms with E-state index in [4.69, 9.17) is 0 Å². The van der Waals surface area contributed by atoms with Crippen LogP contribution in [0.1, 0.15) is 18.1 Å². The van der Waals surface area contributed by atoms with Gasteiger partial charge in [0.15, 0.2) is 10.8 Å². The fraction of sp³-hybridized carbons (Fsp3) is 0.286. The Morgan fingerprint density at radius 3 is 2.80 bits per heavy atom. The molecule has 2 heterocycles. The van der Waals surface area contributed by atoms with E-state index in [1.54, 1.807) is 22.1 Å². The van der Waals surface area contributed by atoms with Gasteiger partial charge in [-0.05, 0) is 38.0 Å². The van der Waals surface area contributed by atoms with Crippen molar-refractivity contribution in [1.82, 2.24) is 14.8 Å². The summed E-state index contributed by atoms with van der Waals surface area (Å²) in [4.78, 5) is 4.42. The van der Waals surface area contributed by atoms with Crippen LogP contribution in [-0.4, -0.2) is 26.4 Å². The van der Waals surface area contributed by atoms with Gasteiger partial charge in [-0.1, -0.05) is 17.4 Å². The maximum atomic E-state index is 10.1. The number of thiazole rings is 1. The second-order valence-electron chi connectivity index (χ2n) is 4.76. The second-order valence-corrected chi connectivity index (χ2v) is 5.79. The molecule has 0 spiro atoms. The lowest BCUT2D eigenvalue weighted by atomic mass is 10.1. The number of phenolic OH excluding ortho intramolecular Hbond substituents is 1. The molecule has 0 aliphatic heterocycles. The predicted molar refractivity (Wildman–Crippen MR) is 82.0 cm³/mol. The highest BCUT2D eigenvalue weighted by Crippen LogP contribution is 2.30. The molecule has 1 aromatic carbocycles. The summed E-state index contributed by atoms with van der Waals surface area (Å²) in [6, 6.07) is 3.78. The van der Waals surface area contributed by atoms with Crippen molar-refractivity contribution in [2.45, 2.75) is 20.8 Å². The zero-order valence-electron chi connectivity index (χ0n) is 11.6. The Morgan fingerprint density at radius 1 is 1.35 bits per heavy atom. The third-order valence-corrected chi connectivity index (χ3v) is 4.00. The van der Waals surface area contributed by atoms with Gasteiger partial charge >= 0.3 is 0 Å². The molecule has 0 saturated heterocycles. The van der Waals surface area contributed by atoms with E-state index in [2.05, 4.69) is 15.4 Å². The number of aryl methyl sites for hydroxylation is 2. The lowest BCUT2D eigenvalue weighted by Gasteiger charge is -2.09. The van der Waals surface area contributed by atoms with Crippen molar-refractivity contribution in [3.63, 3.8) is 0 Å². The molecular weight excluding hydrogens is 272 g/mol. The van der Waals surface area contributed by atoms with Crippen LogP contribution in [0.3, 0.4) is 0 Å². The van der Waals surface area contributed by atoms with Gasteiger partial charge in [-0.15, -0.1) is 5.10 Å². The topological polar surface area (TPSA) is 63.0 Å². The van der Waals surface area contributed by atoms with Crippen molar-refractivity contribution < 1.29 is 5.11 Å². The van der Waals surface area contributed by atoms with Crippen LogP contribution in [-0.2, 0) is 0 Å². The molecular formula is C14H16N4OS. The number of benzene rings is 1. The van der Waals surface area contributed by atoms with Crippen molar-refractivity contribution >= 4 is 26.8 Å². The third kappa shape index (κ3) is 2.12. The molecule has 0 amide bonds. The molecule has 0 bridgehead atoms. The average molecular weight is 288 g/mol. The summed E-state index contributed by atoms with van der Waals surface area (Å²) >= 11 is 1.57. The van der Waals surface area contributed by atoms with E-state index in [1.807, 2.05) is 33.0 Å². The molecule has 2 aromatic heterocycles. The molecule has 0 aliphatic rings. The molecule has 0 fully saturated rings. The van der Waals surface area contributed by atoms with Crippen LogP contribution >= 0.6 is 11.3 Å². The molecule has 5 nitrogen and oxygen atoms in total. The minimum Gasteiger partial charge on any atom is -0.506 e. The van der Waals surface area contributed by atoms with Crippen LogP contribution < -0.4 is 5.32 Å². The number of nitrogens with zero attached hydrogens (tertiary/aromatic N) is 3. The standard InChI is InChI=1S/C14H16N4OS/c1-4-15-14-16-13-11(20-14)7-18(17-13)12-9(3)5-8(2)6-10(12)19/h5-7,19H,4H2,1-3H3,(H,15,16,17). The van der Waals surface area contributed by atoms with E-state index in [1.165, 1.54) is 0 Å². The van der Waals surface area contributed by atoms with E-state index in [-0.39, 0.29) is 5.75 Å². The quantitative estimate of drug-likeness (QED) is 0.776. The number of anilines is 1. The molecule has 3 rings (SSSR count). The Labute approximate surface area is 120 Å². The normalized spacial score (nSPS) is 11.2. The second kappa shape index (κ2) is 4.79. The fourth-order valence-electron chi connectivity index (χ4n) is 2.30. The summed E-state index contributed by atoms with van der Waals surface area (Å²) in [7, 11) is 0. The van der Waals surface area contributed by atoms with E-state index >= 15 is 0 Å². The molecule has 6 heteroatoms. The van der Waals surface area contributed by atoms with Crippen molar-refractivity contribution in [1.29, 1.82) is 0 Å². The molecule has 0 aliphatic carbocycles. The van der Waals surface area contributed by atoms with Crippen molar-refractivity contribution in [2.75, 3.05) is 11.9 Å². The first kappa shape index (κ1) is 12.9. The molecule has 0 unspecified atom stereocenters. The van der Waals surface area contributed by atoms with Crippen molar-refractivity contribution in [3.8, 4) is 11.4 Å². The molecule has 0 radical (unpaired) electrons. The Hall–Kier alpha value is -2.08. The Bertz CT molecular complexity index is 720. The first-order valence-electron chi connectivity index (χ1n) is 6.49. The Morgan fingerprint density at radius 2 is 2.15 bits per heavy atom. The van der Waals surface area contributed by atoms with Crippen molar-refractivity contribution in [3.05, 3.63) is 29.5 Å². The van der Waals surface area contributed by atoms with Gasteiger partial charge in [-0.3, -0.25) is 0 Å². The monoisotopic (exact) mass is 288 g/mol. The fourth-order valence-corrected chi connectivity index (χ4v) is 3.19. The first-order valence-corrected chi connectivity index (χ1v) is 7.31. The van der Waals surface area contributed by atoms with Crippen LogP contribution in [0, 0.1) is 13.8 Å². The third-order valence-electron chi connectivity index (χ3n) is 3.06. The summed E-state index contributed by atoms with van der Waals surface area (Å²) in [6.45, 7) is 6.80. The number of phenols is 1. The van der Waals surface area contributed by atoms with Gasteiger partial charge in [0.25, 0.3) is 0 Å². The molecule has 3 aromatic rings. The Kier molecular flexibility index (Phi) is 3.10. The zero-order chi connectivity index (χ0) is 14.3. The van der Waals surface area contributed by atoms with Gasteiger partial charge in [0.05, 0.1) is 10.9 Å². The van der Waals surface area contributed by atoms with Gasteiger partial charge in [0.1, 0.15) is 11.4 Å². The molecule has 2 N–H and O–H groups in total. The predicted octanol–water partition coefficient (Wildman–Crippen LogP) is 3.24. The molecule has 0 atom stereocenters. The van der Waals surface area contributed by atoms with Gasteiger partial charge in [-0.2, -0.15) is 4.98 Å². The van der Waals surface area contributed by atoms with E-state index in [9.17, 15) is 5.11 Å². The summed E-state index contributed by atoms with van der Waals surface area (Å²) in [6.07, 6.45) is 1.91. The van der Waals surface area contributed by atoms with Gasteiger partial charge in [0, 0.05) is 6.54 Å². The summed E-state index contributed by atoms with van der Waals surface area (Å²) in [5.74, 6) is 0.240. The van der Waals surface area contributed by atoms with Gasteiger partial charge in [0.2, 0.25) is 0 Å². The number of aromatic hydroxyl groups is 1. The van der Waals surface area contributed by atoms with Crippen molar-refractivity contribution in [2.24, 2.45) is 0 Å². The summed E-state index contributed by atoms with van der Waals surface area (Å²) < 4.78 is 2.70. The average Bonchev–Trinajstić information content (AvgIpc) is 2.85. The van der Waals surface area contributed by atoms with Crippen LogP contribution in [0.25, 0.3) is 16.0 Å². The summed E-state index contributed by atoms with van der Waals surface area (Å²) in [5, 5.41) is 18.6. The highest BCUT2D eigenvalue weighted by molar-refractivity contribution is 7.22. The number of hydrogen-bond donors (Lipinski definition) is 2. The van der Waals surface area contributed by atoms with Crippen LogP contribution in [0.4, 0.5) is 5.13 Å². The number of rotatable bonds is 3. The minimum absolute atomic E-state index is 0.240. The largest absolute Gasteiger partial charge is 0.506 e. The zero-order valence-corrected chi connectivity index (χ0v) is 12.5. The highest BCUT2D eigenvalue weighted by atomic mass is 32.1. The lowest BCUT2D eigenvalue weighted by molar-refractivity contribution is 0.469. The number of aromatic nitrogens is 3. The van der Waals surface area contributed by atoms with E-state index in [0.717, 1.165) is 27.5 Å². The number of nitrogens with one attached hydrogen (secondary N) is 1. The maximum Gasteiger partial charge on any atom is 0.194 e. The first-order chi connectivity index (χ1) is 9.58. The highest BCUT2D eigenvalue weighted by Gasteiger charge is 2.13. The summed E-state index contributed by atoms with van der Waals surface area (Å²) in [5.41, 5.74) is 3.44. The van der Waals surface area contributed by atoms with Crippen LogP contribution in [0.5, 0.6) is 5.75 Å². The lowest BCUT2D eigenvalue weighted by Crippen LogP contribution is -1.99.